The number of thiophene rings is 1. The molecule has 30 heavy (non-hydrogen) atoms. The number of furan rings is 1. The normalized spacial score (nSPS) is 18.0. The van der Waals surface area contributed by atoms with Crippen LogP contribution in [0.2, 0.25) is 0 Å². The summed E-state index contributed by atoms with van der Waals surface area (Å²) in [5, 5.41) is 2.79. The van der Waals surface area contributed by atoms with Crippen molar-refractivity contribution in [1.82, 2.24) is 9.21 Å². The van der Waals surface area contributed by atoms with E-state index in [4.69, 9.17) is 4.42 Å². The van der Waals surface area contributed by atoms with Crippen molar-refractivity contribution in [3.63, 3.8) is 0 Å². The number of carbonyl (C=O) groups is 1. The van der Waals surface area contributed by atoms with E-state index in [0.29, 0.717) is 30.1 Å². The summed E-state index contributed by atoms with van der Waals surface area (Å²) in [6, 6.07) is 11.2. The maximum atomic E-state index is 13.2. The van der Waals surface area contributed by atoms with Crippen LogP contribution in [0.15, 0.2) is 50.4 Å². The number of carbonyl (C=O) groups excluding carboxylic acids is 1. The maximum absolute atomic E-state index is 13.2. The van der Waals surface area contributed by atoms with E-state index in [2.05, 4.69) is 0 Å². The first kappa shape index (κ1) is 21.1. The van der Waals surface area contributed by atoms with Crippen molar-refractivity contribution in [2.45, 2.75) is 36.9 Å². The lowest BCUT2D eigenvalue weighted by Gasteiger charge is -2.33. The number of piperidine rings is 1. The quantitative estimate of drug-likeness (QED) is 0.571. The molecular weight excluding hydrogens is 420 g/mol. The molecule has 1 amide bonds. The number of fused-ring (bicyclic) bond motifs is 1. The van der Waals surface area contributed by atoms with Crippen LogP contribution in [0.25, 0.3) is 11.0 Å². The third-order valence-corrected chi connectivity index (χ3v) is 8.94. The van der Waals surface area contributed by atoms with Crippen molar-refractivity contribution >= 4 is 38.2 Å². The zero-order valence-electron chi connectivity index (χ0n) is 17.2. The molecule has 0 aliphatic carbocycles. The van der Waals surface area contributed by atoms with E-state index >= 15 is 0 Å². The fraction of sp³-hybridized carbons (Fsp3) is 0.409. The number of sulfonamides is 1. The molecule has 1 fully saturated rings. The highest BCUT2D eigenvalue weighted by Crippen LogP contribution is 2.30. The third-order valence-electron chi connectivity index (χ3n) is 5.70. The smallest absolute Gasteiger partial charge is 0.252 e. The molecule has 1 atom stereocenters. The van der Waals surface area contributed by atoms with Gasteiger partial charge in [0.2, 0.25) is 5.91 Å². The van der Waals surface area contributed by atoms with Crippen molar-refractivity contribution in [3.8, 4) is 0 Å². The number of hydrogen-bond acceptors (Lipinski definition) is 5. The molecule has 0 unspecified atom stereocenters. The minimum Gasteiger partial charge on any atom is -0.461 e. The minimum atomic E-state index is -3.53. The minimum absolute atomic E-state index is 0.0200. The highest BCUT2D eigenvalue weighted by molar-refractivity contribution is 7.91. The van der Waals surface area contributed by atoms with Crippen LogP contribution >= 0.6 is 11.3 Å². The molecule has 0 spiro atoms. The predicted octanol–water partition coefficient (Wildman–Crippen LogP) is 4.12. The Morgan fingerprint density at radius 3 is 2.80 bits per heavy atom. The summed E-state index contributed by atoms with van der Waals surface area (Å²) in [5.41, 5.74) is 1.86. The molecule has 6 nitrogen and oxygen atoms in total. The Hall–Kier alpha value is -2.16. The van der Waals surface area contributed by atoms with Gasteiger partial charge in [-0.3, -0.25) is 4.79 Å². The molecule has 0 saturated carbocycles. The van der Waals surface area contributed by atoms with E-state index in [0.717, 1.165) is 28.7 Å². The molecule has 1 aliphatic heterocycles. The van der Waals surface area contributed by atoms with Crippen molar-refractivity contribution in [1.29, 1.82) is 0 Å². The van der Waals surface area contributed by atoms with Crippen molar-refractivity contribution in [3.05, 3.63) is 53.1 Å². The lowest BCUT2D eigenvalue weighted by molar-refractivity contribution is -0.135. The van der Waals surface area contributed by atoms with Gasteiger partial charge in [-0.15, -0.1) is 11.3 Å². The van der Waals surface area contributed by atoms with Crippen LogP contribution in [0.1, 0.15) is 31.1 Å². The van der Waals surface area contributed by atoms with Gasteiger partial charge in [-0.25, -0.2) is 8.42 Å². The number of nitrogens with zero attached hydrogens (tertiary/aromatic N) is 2. The van der Waals surface area contributed by atoms with E-state index in [1.54, 1.807) is 29.5 Å². The zero-order chi connectivity index (χ0) is 21.3. The van der Waals surface area contributed by atoms with E-state index in [-0.39, 0.29) is 18.4 Å². The van der Waals surface area contributed by atoms with Crippen LogP contribution in [0.4, 0.5) is 0 Å². The Morgan fingerprint density at radius 1 is 1.27 bits per heavy atom. The van der Waals surface area contributed by atoms with Gasteiger partial charge in [-0.05, 0) is 30.4 Å². The molecule has 0 radical (unpaired) electrons. The van der Waals surface area contributed by atoms with Gasteiger partial charge >= 0.3 is 0 Å². The second kappa shape index (κ2) is 8.53. The van der Waals surface area contributed by atoms with Crippen LogP contribution in [-0.4, -0.2) is 43.7 Å². The second-order valence-corrected chi connectivity index (χ2v) is 10.8. The fourth-order valence-electron chi connectivity index (χ4n) is 4.13. The first-order valence-corrected chi connectivity index (χ1v) is 12.5. The Kier molecular flexibility index (Phi) is 5.99. The van der Waals surface area contributed by atoms with Crippen molar-refractivity contribution in [2.75, 3.05) is 20.1 Å². The number of aryl methyl sites for hydroxylation is 1. The summed E-state index contributed by atoms with van der Waals surface area (Å²) >= 11 is 1.21. The second-order valence-electron chi connectivity index (χ2n) is 7.68. The van der Waals surface area contributed by atoms with Gasteiger partial charge in [0.25, 0.3) is 10.0 Å². The van der Waals surface area contributed by atoms with Crippen LogP contribution in [0, 0.1) is 5.92 Å². The Bertz CT molecular complexity index is 1140. The number of hydrogen-bond donors (Lipinski definition) is 0. The Balaban J connectivity index is 1.51. The molecule has 1 saturated heterocycles. The summed E-state index contributed by atoms with van der Waals surface area (Å²) in [6.07, 6.45) is 2.14. The standard InChI is InChI=1S/C22H26N2O4S2/c1-3-19-18(17-9-4-5-10-20(17)28-19)15-23(2)22(25)16-8-6-12-24(14-16)30(26,27)21-11-7-13-29-21/h4-5,7,9-11,13,16H,3,6,8,12,14-15H2,1-2H3/t16-/m1/s1. The maximum Gasteiger partial charge on any atom is 0.252 e. The van der Waals surface area contributed by atoms with E-state index in [1.165, 1.54) is 15.6 Å². The van der Waals surface area contributed by atoms with Crippen LogP contribution in [-0.2, 0) is 27.8 Å². The van der Waals surface area contributed by atoms with Gasteiger partial charge in [0, 0.05) is 44.1 Å². The van der Waals surface area contributed by atoms with Crippen LogP contribution in [0.5, 0.6) is 0 Å². The topological polar surface area (TPSA) is 70.8 Å². The first-order valence-electron chi connectivity index (χ1n) is 10.2. The van der Waals surface area contributed by atoms with Gasteiger partial charge in [0.15, 0.2) is 0 Å². The van der Waals surface area contributed by atoms with Gasteiger partial charge in [0.1, 0.15) is 15.6 Å². The van der Waals surface area contributed by atoms with Crippen LogP contribution in [0.3, 0.4) is 0 Å². The van der Waals surface area contributed by atoms with E-state index < -0.39 is 10.0 Å². The molecular formula is C22H26N2O4S2. The molecule has 0 N–H and O–H groups in total. The molecule has 3 aromatic rings. The van der Waals surface area contributed by atoms with E-state index in [1.807, 2.05) is 31.2 Å². The summed E-state index contributed by atoms with van der Waals surface area (Å²) in [6.45, 7) is 3.18. The summed E-state index contributed by atoms with van der Waals surface area (Å²) in [7, 11) is -1.75. The number of amides is 1. The van der Waals surface area contributed by atoms with Gasteiger partial charge in [-0.2, -0.15) is 4.31 Å². The predicted molar refractivity (Wildman–Crippen MR) is 118 cm³/mol. The molecule has 2 aromatic heterocycles. The molecule has 1 aliphatic rings. The van der Waals surface area contributed by atoms with Gasteiger partial charge < -0.3 is 9.32 Å². The zero-order valence-corrected chi connectivity index (χ0v) is 18.8. The van der Waals surface area contributed by atoms with Crippen molar-refractivity contribution in [2.24, 2.45) is 5.92 Å². The number of benzene rings is 1. The van der Waals surface area contributed by atoms with Gasteiger partial charge in [-0.1, -0.05) is 31.2 Å². The number of para-hydroxylation sites is 1. The Labute approximate surface area is 181 Å². The van der Waals surface area contributed by atoms with Crippen LogP contribution < -0.4 is 0 Å². The number of rotatable bonds is 6. The monoisotopic (exact) mass is 446 g/mol. The SMILES string of the molecule is CCc1oc2ccccc2c1CN(C)C(=O)[C@@H]1CCCN(S(=O)(=O)c2cccs2)C1. The first-order chi connectivity index (χ1) is 14.4. The third kappa shape index (κ3) is 3.91. The van der Waals surface area contributed by atoms with Crippen molar-refractivity contribution < 1.29 is 17.6 Å². The van der Waals surface area contributed by atoms with Gasteiger partial charge in [0.05, 0.1) is 5.92 Å². The highest BCUT2D eigenvalue weighted by atomic mass is 32.2. The lowest BCUT2D eigenvalue weighted by atomic mass is 9.98. The summed E-state index contributed by atoms with van der Waals surface area (Å²) < 4.78 is 33.5. The average molecular weight is 447 g/mol. The summed E-state index contributed by atoms with van der Waals surface area (Å²) in [5.74, 6) is 0.538. The largest absolute Gasteiger partial charge is 0.461 e. The van der Waals surface area contributed by atoms with E-state index in [9.17, 15) is 13.2 Å². The molecule has 4 rings (SSSR count). The molecule has 1 aromatic carbocycles. The molecule has 3 heterocycles. The fourth-order valence-corrected chi connectivity index (χ4v) is 6.80. The average Bonchev–Trinajstić information content (AvgIpc) is 3.42. The molecule has 0 bridgehead atoms. The molecule has 160 valence electrons. The highest BCUT2D eigenvalue weighted by Gasteiger charge is 2.35. The molecule has 8 heteroatoms. The lowest BCUT2D eigenvalue weighted by Crippen LogP contribution is -2.45. The Morgan fingerprint density at radius 2 is 2.07 bits per heavy atom. The summed E-state index contributed by atoms with van der Waals surface area (Å²) in [4.78, 5) is 14.9.